The minimum absolute atomic E-state index is 0.0324. The van der Waals surface area contributed by atoms with Gasteiger partial charge in [-0.2, -0.15) is 0 Å². The lowest BCUT2D eigenvalue weighted by atomic mass is 10.0. The first-order chi connectivity index (χ1) is 14.0. The summed E-state index contributed by atoms with van der Waals surface area (Å²) in [5.41, 5.74) is 3.53. The van der Waals surface area contributed by atoms with Crippen LogP contribution in [-0.4, -0.2) is 22.6 Å². The van der Waals surface area contributed by atoms with Gasteiger partial charge in [0.1, 0.15) is 0 Å². The van der Waals surface area contributed by atoms with E-state index in [2.05, 4.69) is 15.6 Å². The number of thiazole rings is 1. The van der Waals surface area contributed by atoms with Gasteiger partial charge in [0, 0.05) is 17.3 Å². The molecule has 7 heteroatoms. The Hall–Kier alpha value is -2.38. The molecule has 0 aliphatic rings. The topological polar surface area (TPSA) is 71.1 Å². The van der Waals surface area contributed by atoms with Gasteiger partial charge in [-0.25, -0.2) is 4.98 Å². The number of nitrogens with zero attached hydrogens (tertiary/aromatic N) is 1. The molecule has 1 aromatic heterocycles. The molecule has 2 N–H and O–H groups in total. The lowest BCUT2D eigenvalue weighted by Gasteiger charge is -2.12. The Morgan fingerprint density at radius 1 is 1.10 bits per heavy atom. The van der Waals surface area contributed by atoms with Crippen LogP contribution in [0.25, 0.3) is 10.2 Å². The Bertz CT molecular complexity index is 1010. The average molecular weight is 428 g/mol. The number of hydrogen-bond acceptors (Lipinski definition) is 5. The molecule has 2 amide bonds. The lowest BCUT2D eigenvalue weighted by molar-refractivity contribution is -0.120. The van der Waals surface area contributed by atoms with Gasteiger partial charge in [0.15, 0.2) is 4.34 Å². The van der Waals surface area contributed by atoms with E-state index < -0.39 is 0 Å². The zero-order chi connectivity index (χ0) is 20.8. The van der Waals surface area contributed by atoms with Crippen molar-refractivity contribution in [1.29, 1.82) is 0 Å². The van der Waals surface area contributed by atoms with Gasteiger partial charge in [0.2, 0.25) is 11.8 Å². The normalized spacial score (nSPS) is 11.0. The van der Waals surface area contributed by atoms with Crippen molar-refractivity contribution < 1.29 is 9.59 Å². The third kappa shape index (κ3) is 5.58. The van der Waals surface area contributed by atoms with Gasteiger partial charge in [-0.3, -0.25) is 9.59 Å². The molecule has 5 nitrogen and oxygen atoms in total. The maximum absolute atomic E-state index is 12.3. The molecule has 3 rings (SSSR count). The van der Waals surface area contributed by atoms with E-state index in [4.69, 9.17) is 0 Å². The van der Waals surface area contributed by atoms with Crippen molar-refractivity contribution >= 4 is 56.5 Å². The van der Waals surface area contributed by atoms with E-state index >= 15 is 0 Å². The van der Waals surface area contributed by atoms with Crippen LogP contribution in [0.1, 0.15) is 32.3 Å². The summed E-state index contributed by atoms with van der Waals surface area (Å²) in [6.07, 6.45) is 1.66. The molecule has 0 saturated carbocycles. The summed E-state index contributed by atoms with van der Waals surface area (Å²) in [5, 5.41) is 5.93. The van der Waals surface area contributed by atoms with Crippen LogP contribution < -0.4 is 10.6 Å². The van der Waals surface area contributed by atoms with Gasteiger partial charge in [0.25, 0.3) is 0 Å². The van der Waals surface area contributed by atoms with E-state index in [1.807, 2.05) is 63.2 Å². The second-order valence-electron chi connectivity index (χ2n) is 6.82. The van der Waals surface area contributed by atoms with Crippen molar-refractivity contribution in [2.24, 2.45) is 5.92 Å². The number of carbonyl (C=O) groups excluding carboxylic acids is 2. The molecule has 2 aromatic carbocycles. The maximum atomic E-state index is 12.3. The number of aryl methyl sites for hydroxylation is 1. The van der Waals surface area contributed by atoms with Crippen LogP contribution in [0.3, 0.4) is 0 Å². The smallest absolute Gasteiger partial charge is 0.234 e. The number of benzene rings is 2. The summed E-state index contributed by atoms with van der Waals surface area (Å²) in [7, 11) is 0. The Balaban J connectivity index is 1.62. The number of hydrogen-bond donors (Lipinski definition) is 2. The Morgan fingerprint density at radius 2 is 1.86 bits per heavy atom. The van der Waals surface area contributed by atoms with Crippen LogP contribution in [0.4, 0.5) is 11.4 Å². The molecule has 3 aromatic rings. The van der Waals surface area contributed by atoms with Gasteiger partial charge in [0.05, 0.1) is 16.0 Å². The highest BCUT2D eigenvalue weighted by atomic mass is 32.2. The molecular formula is C22H25N3O2S2. The summed E-state index contributed by atoms with van der Waals surface area (Å²) in [5.74, 6) is 0.333. The lowest BCUT2D eigenvalue weighted by Crippen LogP contribution is -2.21. The van der Waals surface area contributed by atoms with Gasteiger partial charge >= 0.3 is 0 Å². The Kier molecular flexibility index (Phi) is 7.28. The molecule has 0 radical (unpaired) electrons. The van der Waals surface area contributed by atoms with Crippen LogP contribution >= 0.6 is 23.1 Å². The van der Waals surface area contributed by atoms with E-state index in [1.165, 1.54) is 23.1 Å². The summed E-state index contributed by atoms with van der Waals surface area (Å²) >= 11 is 2.95. The van der Waals surface area contributed by atoms with Gasteiger partial charge in [-0.05, 0) is 49.6 Å². The molecule has 0 bridgehead atoms. The van der Waals surface area contributed by atoms with Crippen molar-refractivity contribution in [3.63, 3.8) is 0 Å². The first kappa shape index (κ1) is 21.3. The van der Waals surface area contributed by atoms with Crippen molar-refractivity contribution in [2.45, 2.75) is 38.0 Å². The fourth-order valence-corrected chi connectivity index (χ4v) is 4.88. The highest BCUT2D eigenvalue weighted by Gasteiger charge is 2.15. The Labute approximate surface area is 179 Å². The largest absolute Gasteiger partial charge is 0.326 e. The van der Waals surface area contributed by atoms with Crippen LogP contribution in [0.15, 0.2) is 46.8 Å². The highest BCUT2D eigenvalue weighted by molar-refractivity contribution is 8.01. The number of nitrogens with one attached hydrogen (secondary N) is 2. The number of amides is 2. The van der Waals surface area contributed by atoms with E-state index in [1.54, 1.807) is 0 Å². The first-order valence-electron chi connectivity index (χ1n) is 9.69. The maximum Gasteiger partial charge on any atom is 0.234 e. The molecule has 152 valence electrons. The zero-order valence-electron chi connectivity index (χ0n) is 16.8. The molecule has 0 saturated heterocycles. The summed E-state index contributed by atoms with van der Waals surface area (Å²) in [6.45, 7) is 6.02. The number of thioether (sulfide) groups is 1. The fraction of sp³-hybridized carbons (Fsp3) is 0.318. The van der Waals surface area contributed by atoms with E-state index in [9.17, 15) is 9.59 Å². The quantitative estimate of drug-likeness (QED) is 0.452. The SMILES string of the molecule is CCC(CC)C(=O)Nc1ccc2nc(SCC(=O)Nc3ccccc3C)sc2c1. The van der Waals surface area contributed by atoms with Crippen LogP contribution in [0.5, 0.6) is 0 Å². The fourth-order valence-electron chi connectivity index (χ4n) is 2.97. The minimum Gasteiger partial charge on any atom is -0.326 e. The molecule has 0 aliphatic carbocycles. The van der Waals surface area contributed by atoms with Crippen molar-refractivity contribution in [3.05, 3.63) is 48.0 Å². The number of para-hydroxylation sites is 1. The van der Waals surface area contributed by atoms with E-state index in [0.29, 0.717) is 5.75 Å². The van der Waals surface area contributed by atoms with E-state index in [0.717, 1.165) is 44.3 Å². The van der Waals surface area contributed by atoms with Crippen LogP contribution in [0.2, 0.25) is 0 Å². The second-order valence-corrected chi connectivity index (χ2v) is 9.07. The molecule has 29 heavy (non-hydrogen) atoms. The molecular weight excluding hydrogens is 402 g/mol. The molecule has 1 heterocycles. The van der Waals surface area contributed by atoms with E-state index in [-0.39, 0.29) is 17.7 Å². The van der Waals surface area contributed by atoms with Crippen molar-refractivity contribution in [1.82, 2.24) is 4.98 Å². The molecule has 0 atom stereocenters. The number of aromatic nitrogens is 1. The number of carbonyl (C=O) groups is 2. The van der Waals surface area contributed by atoms with Gasteiger partial charge in [-0.15, -0.1) is 11.3 Å². The molecule has 0 spiro atoms. The first-order valence-corrected chi connectivity index (χ1v) is 11.5. The third-order valence-electron chi connectivity index (χ3n) is 4.74. The molecule has 0 aliphatic heterocycles. The Morgan fingerprint density at radius 3 is 2.59 bits per heavy atom. The number of rotatable bonds is 8. The number of fused-ring (bicyclic) bond motifs is 1. The molecule has 0 fully saturated rings. The third-order valence-corrected chi connectivity index (χ3v) is 6.90. The number of anilines is 2. The van der Waals surface area contributed by atoms with Crippen LogP contribution in [0, 0.1) is 12.8 Å². The predicted molar refractivity (Wildman–Crippen MR) is 123 cm³/mol. The van der Waals surface area contributed by atoms with Crippen molar-refractivity contribution in [2.75, 3.05) is 16.4 Å². The monoisotopic (exact) mass is 427 g/mol. The standard InChI is InChI=1S/C22H25N3O2S2/c1-4-15(5-2)21(27)23-16-10-11-18-19(12-16)29-22(25-18)28-13-20(26)24-17-9-7-6-8-14(17)3/h6-12,15H,4-5,13H2,1-3H3,(H,23,27)(H,24,26). The zero-order valence-corrected chi connectivity index (χ0v) is 18.5. The highest BCUT2D eigenvalue weighted by Crippen LogP contribution is 2.31. The predicted octanol–water partition coefficient (Wildman–Crippen LogP) is 5.71. The summed E-state index contributed by atoms with van der Waals surface area (Å²) in [4.78, 5) is 29.1. The minimum atomic E-state index is -0.0540. The average Bonchev–Trinajstić information content (AvgIpc) is 3.11. The second kappa shape index (κ2) is 9.89. The van der Waals surface area contributed by atoms with Gasteiger partial charge in [-0.1, -0.05) is 43.8 Å². The summed E-state index contributed by atoms with van der Waals surface area (Å²) < 4.78 is 1.83. The molecule has 0 unspecified atom stereocenters. The van der Waals surface area contributed by atoms with Crippen molar-refractivity contribution in [3.8, 4) is 0 Å². The summed E-state index contributed by atoms with van der Waals surface area (Å²) in [6, 6.07) is 13.5. The van der Waals surface area contributed by atoms with Gasteiger partial charge < -0.3 is 10.6 Å². The van der Waals surface area contributed by atoms with Crippen LogP contribution in [-0.2, 0) is 9.59 Å².